The molecule has 0 rings (SSSR count). The highest BCUT2D eigenvalue weighted by Crippen LogP contribution is 2.14. The van der Waals surface area contributed by atoms with Gasteiger partial charge in [0.25, 0.3) is 0 Å². The molecule has 0 atom stereocenters. The first-order valence-corrected chi connectivity index (χ1v) is 2.95. The van der Waals surface area contributed by atoms with Gasteiger partial charge in [0.15, 0.2) is 0 Å². The van der Waals surface area contributed by atoms with Crippen molar-refractivity contribution in [3.63, 3.8) is 0 Å². The van der Waals surface area contributed by atoms with Crippen LogP contribution in [0.5, 0.6) is 0 Å². The van der Waals surface area contributed by atoms with Gasteiger partial charge in [-0.25, -0.2) is 0 Å². The van der Waals surface area contributed by atoms with E-state index in [-0.39, 0.29) is 12.6 Å². The predicted octanol–water partition coefficient (Wildman–Crippen LogP) is 1.41. The van der Waals surface area contributed by atoms with Crippen molar-refractivity contribution in [2.75, 3.05) is 6.61 Å². The van der Waals surface area contributed by atoms with Gasteiger partial charge in [0, 0.05) is 0 Å². The normalized spacial score (nSPS) is 11.1. The van der Waals surface area contributed by atoms with Crippen LogP contribution in [0.2, 0.25) is 0 Å². The molecule has 1 radical (unpaired) electrons. The fourth-order valence-corrected chi connectivity index (χ4v) is 0.309. The average molecular weight is 129 g/mol. The van der Waals surface area contributed by atoms with E-state index in [0.717, 1.165) is 0 Å². The maximum absolute atomic E-state index is 10.8. The second-order valence-electron chi connectivity index (χ2n) is 2.89. The van der Waals surface area contributed by atoms with Gasteiger partial charge in [-0.15, -0.1) is 0 Å². The van der Waals surface area contributed by atoms with Gasteiger partial charge in [0.2, 0.25) is 0 Å². The van der Waals surface area contributed by atoms with Gasteiger partial charge < -0.3 is 4.74 Å². The van der Waals surface area contributed by atoms with E-state index in [0.29, 0.717) is 0 Å². The molecule has 0 saturated heterocycles. The smallest absolute Gasteiger partial charge is 0.311 e. The third-order valence-electron chi connectivity index (χ3n) is 0.846. The lowest BCUT2D eigenvalue weighted by Crippen LogP contribution is -2.22. The molecule has 53 valence electrons. The molecule has 0 saturated carbocycles. The summed E-state index contributed by atoms with van der Waals surface area (Å²) in [5, 5.41) is 0. The van der Waals surface area contributed by atoms with Crippen LogP contribution in [-0.2, 0) is 9.53 Å². The summed E-state index contributed by atoms with van der Waals surface area (Å²) >= 11 is 0. The van der Waals surface area contributed by atoms with Crippen molar-refractivity contribution in [3.8, 4) is 0 Å². The third kappa shape index (κ3) is 3.12. The average Bonchev–Trinajstić information content (AvgIpc) is 1.64. The van der Waals surface area contributed by atoms with Crippen molar-refractivity contribution in [1.82, 2.24) is 0 Å². The first kappa shape index (κ1) is 8.47. The summed E-state index contributed by atoms with van der Waals surface area (Å²) in [5.74, 6) is -0.197. The minimum atomic E-state index is -0.391. The Morgan fingerprint density at radius 3 is 2.11 bits per heavy atom. The minimum Gasteiger partial charge on any atom is -0.465 e. The highest BCUT2D eigenvalue weighted by atomic mass is 16.5. The van der Waals surface area contributed by atoms with Crippen LogP contribution >= 0.6 is 0 Å². The number of rotatable bonds is 1. The summed E-state index contributed by atoms with van der Waals surface area (Å²) in [4.78, 5) is 10.8. The second-order valence-corrected chi connectivity index (χ2v) is 2.89. The van der Waals surface area contributed by atoms with E-state index in [9.17, 15) is 4.79 Å². The van der Waals surface area contributed by atoms with Gasteiger partial charge in [-0.2, -0.15) is 0 Å². The van der Waals surface area contributed by atoms with Crippen molar-refractivity contribution >= 4 is 5.97 Å². The van der Waals surface area contributed by atoms with Crippen LogP contribution < -0.4 is 0 Å². The van der Waals surface area contributed by atoms with Gasteiger partial charge in [-0.3, -0.25) is 4.79 Å². The Bertz CT molecular complexity index is 100.0. The fourth-order valence-electron chi connectivity index (χ4n) is 0.309. The molecule has 0 bridgehead atoms. The minimum absolute atomic E-state index is 0.197. The molecule has 0 aromatic rings. The van der Waals surface area contributed by atoms with Gasteiger partial charge in [-0.05, 0) is 27.7 Å². The molecule has 0 aromatic carbocycles. The Kier molecular flexibility index (Phi) is 2.68. The van der Waals surface area contributed by atoms with Crippen LogP contribution in [0.1, 0.15) is 20.8 Å². The van der Waals surface area contributed by atoms with Crippen molar-refractivity contribution in [2.24, 2.45) is 5.41 Å². The number of esters is 1. The van der Waals surface area contributed by atoms with E-state index in [2.05, 4.69) is 11.7 Å². The van der Waals surface area contributed by atoms with Crippen LogP contribution in [0.4, 0.5) is 0 Å². The molecule has 0 aromatic heterocycles. The zero-order valence-corrected chi connectivity index (χ0v) is 6.23. The van der Waals surface area contributed by atoms with Gasteiger partial charge in [0.1, 0.15) is 0 Å². The van der Waals surface area contributed by atoms with Crippen LogP contribution in [0.15, 0.2) is 0 Å². The van der Waals surface area contributed by atoms with Crippen molar-refractivity contribution in [1.29, 1.82) is 0 Å². The quantitative estimate of drug-likeness (QED) is 0.500. The molecule has 0 aliphatic rings. The molecule has 0 fully saturated rings. The maximum Gasteiger partial charge on any atom is 0.311 e. The van der Waals surface area contributed by atoms with E-state index in [1.807, 2.05) is 20.8 Å². The first-order valence-electron chi connectivity index (χ1n) is 2.95. The molecule has 2 nitrogen and oxygen atoms in total. The maximum atomic E-state index is 10.8. The summed E-state index contributed by atoms with van der Waals surface area (Å²) in [6.07, 6.45) is 0. The molecule has 0 amide bonds. The number of hydrogen-bond acceptors (Lipinski definition) is 2. The number of carbonyl (C=O) groups is 1. The fraction of sp³-hybridized carbons (Fsp3) is 0.714. The van der Waals surface area contributed by atoms with Crippen molar-refractivity contribution in [2.45, 2.75) is 20.8 Å². The van der Waals surface area contributed by atoms with Crippen molar-refractivity contribution < 1.29 is 9.53 Å². The summed E-state index contributed by atoms with van der Waals surface area (Å²) < 4.78 is 4.66. The number of hydrogen-bond donors (Lipinski definition) is 0. The molecule has 0 heterocycles. The summed E-state index contributed by atoms with van der Waals surface area (Å²) in [6, 6.07) is 0. The van der Waals surface area contributed by atoms with E-state index in [1.165, 1.54) is 0 Å². The molecule has 0 N–H and O–H groups in total. The monoisotopic (exact) mass is 129 g/mol. The zero-order valence-electron chi connectivity index (χ0n) is 6.23. The lowest BCUT2D eigenvalue weighted by molar-refractivity contribution is -0.151. The second kappa shape index (κ2) is 2.85. The summed E-state index contributed by atoms with van der Waals surface area (Å²) in [5.41, 5.74) is -0.391. The molecule has 0 spiro atoms. The van der Waals surface area contributed by atoms with Gasteiger partial charge in [0.05, 0.1) is 12.0 Å². The molecule has 0 unspecified atom stereocenters. The SMILES string of the molecule is [CH2]COC(=O)C(C)(C)C. The zero-order chi connectivity index (χ0) is 7.49. The Morgan fingerprint density at radius 1 is 1.56 bits per heavy atom. The lowest BCUT2D eigenvalue weighted by Gasteiger charge is -2.14. The first-order chi connectivity index (χ1) is 3.98. The molecular formula is C7H13O2. The molecule has 9 heavy (non-hydrogen) atoms. The van der Waals surface area contributed by atoms with Crippen molar-refractivity contribution in [3.05, 3.63) is 6.92 Å². The van der Waals surface area contributed by atoms with Crippen LogP contribution in [-0.4, -0.2) is 12.6 Å². The molecule has 2 heteroatoms. The highest BCUT2D eigenvalue weighted by Gasteiger charge is 2.21. The van der Waals surface area contributed by atoms with Crippen LogP contribution in [0.25, 0.3) is 0 Å². The predicted molar refractivity (Wildman–Crippen MR) is 35.8 cm³/mol. The Morgan fingerprint density at radius 2 is 2.00 bits per heavy atom. The number of ether oxygens (including phenoxy) is 1. The largest absolute Gasteiger partial charge is 0.465 e. The van der Waals surface area contributed by atoms with E-state index in [4.69, 9.17) is 0 Å². The Hall–Kier alpha value is -0.530. The molecular weight excluding hydrogens is 116 g/mol. The summed E-state index contributed by atoms with van der Waals surface area (Å²) in [6.45, 7) is 9.05. The van der Waals surface area contributed by atoms with Crippen LogP contribution in [0, 0.1) is 12.3 Å². The van der Waals surface area contributed by atoms with Gasteiger partial charge >= 0.3 is 5.97 Å². The van der Waals surface area contributed by atoms with Crippen LogP contribution in [0.3, 0.4) is 0 Å². The summed E-state index contributed by atoms with van der Waals surface area (Å²) in [7, 11) is 0. The van der Waals surface area contributed by atoms with Gasteiger partial charge in [-0.1, -0.05) is 0 Å². The Labute approximate surface area is 56.2 Å². The highest BCUT2D eigenvalue weighted by molar-refractivity contribution is 5.75. The molecule has 0 aliphatic carbocycles. The molecule has 0 aliphatic heterocycles. The standard InChI is InChI=1S/C7H13O2/c1-5-9-6(8)7(2,3)4/h1,5H2,2-4H3. The number of carbonyl (C=O) groups excluding carboxylic acids is 1. The lowest BCUT2D eigenvalue weighted by atomic mass is 9.97. The van der Waals surface area contributed by atoms with E-state index >= 15 is 0 Å². The third-order valence-corrected chi connectivity index (χ3v) is 0.846. The van der Waals surface area contributed by atoms with E-state index < -0.39 is 5.41 Å². The van der Waals surface area contributed by atoms with E-state index in [1.54, 1.807) is 0 Å². The topological polar surface area (TPSA) is 26.3 Å². The Balaban J connectivity index is 3.74.